The van der Waals surface area contributed by atoms with Gasteiger partial charge in [0.05, 0.1) is 0 Å². The molecule has 0 fully saturated rings. The number of amides is 1. The Bertz CT molecular complexity index is 184. The third-order valence-corrected chi connectivity index (χ3v) is 0.499. The van der Waals surface area contributed by atoms with Crippen LogP contribution in [-0.4, -0.2) is 23.6 Å². The molecule has 0 atom stereocenters. The molecule has 0 aromatic heterocycles. The average Bonchev–Trinajstić information content (AvgIpc) is 1.87. The van der Waals surface area contributed by atoms with E-state index in [1.807, 2.05) is 0 Å². The highest BCUT2D eigenvalue weighted by atomic mass is 16.5. The highest BCUT2D eigenvalue weighted by Crippen LogP contribution is 1.75. The van der Waals surface area contributed by atoms with Crippen LogP contribution in [0.4, 0.5) is 4.79 Å². The van der Waals surface area contributed by atoms with E-state index in [0.717, 1.165) is 6.08 Å². The molecule has 5 heteroatoms. The van der Waals surface area contributed by atoms with Crippen molar-refractivity contribution in [3.63, 3.8) is 0 Å². The molecule has 54 valence electrons. The van der Waals surface area contributed by atoms with Crippen LogP contribution < -0.4 is 0 Å². The van der Waals surface area contributed by atoms with Crippen molar-refractivity contribution in [1.29, 1.82) is 0 Å². The van der Waals surface area contributed by atoms with Crippen LogP contribution in [-0.2, 0) is 9.53 Å². The highest BCUT2D eigenvalue weighted by Gasteiger charge is 1.91. The lowest BCUT2D eigenvalue weighted by atomic mass is 10.7. The van der Waals surface area contributed by atoms with Gasteiger partial charge in [-0.15, -0.1) is 4.99 Å². The van der Waals surface area contributed by atoms with Gasteiger partial charge in [-0.05, 0) is 0 Å². The lowest BCUT2D eigenvalue weighted by Gasteiger charge is -1.86. The second-order valence-electron chi connectivity index (χ2n) is 1.16. The molecule has 0 aliphatic rings. The van der Waals surface area contributed by atoms with Gasteiger partial charge in [0.1, 0.15) is 0 Å². The third-order valence-electron chi connectivity index (χ3n) is 0.499. The molecule has 0 unspecified atom stereocenters. The van der Waals surface area contributed by atoms with Gasteiger partial charge in [0, 0.05) is 6.08 Å². The Kier molecular flexibility index (Phi) is 3.55. The number of ether oxygens (including phenoxy) is 1. The quantitative estimate of drug-likeness (QED) is 0.263. The molecule has 0 aliphatic carbocycles. The standard InChI is InChI=1S/C5H5NO4/c1-2-4(7)10-3-6-5(8)9/h2-3H,1H2,(H,8,9)/b6-3-. The Balaban J connectivity index is 3.63. The van der Waals surface area contributed by atoms with Crippen molar-refractivity contribution >= 4 is 18.5 Å². The van der Waals surface area contributed by atoms with E-state index in [4.69, 9.17) is 5.11 Å². The maximum Gasteiger partial charge on any atom is 0.433 e. The monoisotopic (exact) mass is 143 g/mol. The molecule has 0 saturated carbocycles. The molecule has 0 aliphatic heterocycles. The molecule has 1 N–H and O–H groups in total. The topological polar surface area (TPSA) is 76.0 Å². The first-order valence-corrected chi connectivity index (χ1v) is 2.25. The number of hydrogen-bond donors (Lipinski definition) is 1. The van der Waals surface area contributed by atoms with Crippen LogP contribution in [0.1, 0.15) is 0 Å². The Hall–Kier alpha value is -1.65. The zero-order valence-electron chi connectivity index (χ0n) is 4.98. The van der Waals surface area contributed by atoms with Crippen LogP contribution in [0.25, 0.3) is 0 Å². The summed E-state index contributed by atoms with van der Waals surface area (Å²) < 4.78 is 4.07. The minimum Gasteiger partial charge on any atom is -0.463 e. The molecule has 10 heavy (non-hydrogen) atoms. The first kappa shape index (κ1) is 8.35. The maximum absolute atomic E-state index is 10.2. The normalized spacial score (nSPS) is 9.20. The molecular weight excluding hydrogens is 138 g/mol. The summed E-state index contributed by atoms with van der Waals surface area (Å²) in [6.45, 7) is 3.07. The zero-order valence-corrected chi connectivity index (χ0v) is 4.98. The number of aliphatic imine (C=N–C) groups is 1. The van der Waals surface area contributed by atoms with E-state index in [0.29, 0.717) is 6.40 Å². The van der Waals surface area contributed by atoms with Gasteiger partial charge in [0.25, 0.3) is 0 Å². The van der Waals surface area contributed by atoms with Gasteiger partial charge in [-0.25, -0.2) is 9.59 Å². The molecule has 0 rings (SSSR count). The van der Waals surface area contributed by atoms with Gasteiger partial charge in [-0.1, -0.05) is 6.58 Å². The Morgan fingerprint density at radius 2 is 2.20 bits per heavy atom. The van der Waals surface area contributed by atoms with Crippen molar-refractivity contribution in [2.75, 3.05) is 0 Å². The van der Waals surface area contributed by atoms with Gasteiger partial charge in [0.2, 0.25) is 0 Å². The maximum atomic E-state index is 10.2. The van der Waals surface area contributed by atoms with Crippen LogP contribution in [0.15, 0.2) is 17.6 Å². The summed E-state index contributed by atoms with van der Waals surface area (Å²) in [4.78, 5) is 22.5. The zero-order chi connectivity index (χ0) is 7.98. The van der Waals surface area contributed by atoms with Gasteiger partial charge < -0.3 is 9.84 Å². The largest absolute Gasteiger partial charge is 0.463 e. The van der Waals surface area contributed by atoms with Crippen LogP contribution in [0.3, 0.4) is 0 Å². The highest BCUT2D eigenvalue weighted by molar-refractivity contribution is 5.88. The predicted octanol–water partition coefficient (Wildman–Crippen LogP) is 0.422. The van der Waals surface area contributed by atoms with Gasteiger partial charge in [-0.2, -0.15) is 0 Å². The first-order valence-electron chi connectivity index (χ1n) is 2.25. The lowest BCUT2D eigenvalue weighted by Crippen LogP contribution is -1.98. The number of carbonyl (C=O) groups excluding carboxylic acids is 1. The van der Waals surface area contributed by atoms with Gasteiger partial charge >= 0.3 is 12.1 Å². The Morgan fingerprint density at radius 1 is 1.60 bits per heavy atom. The van der Waals surface area contributed by atoms with Crippen LogP contribution in [0, 0.1) is 0 Å². The van der Waals surface area contributed by atoms with E-state index in [1.165, 1.54) is 0 Å². The van der Waals surface area contributed by atoms with Crippen molar-refractivity contribution < 1.29 is 19.4 Å². The molecule has 1 amide bonds. The Labute approximate surface area is 56.6 Å². The van der Waals surface area contributed by atoms with Crippen molar-refractivity contribution in [2.45, 2.75) is 0 Å². The predicted molar refractivity (Wildman–Crippen MR) is 32.8 cm³/mol. The number of hydrogen-bond acceptors (Lipinski definition) is 3. The number of esters is 1. The molecule has 0 heterocycles. The first-order chi connectivity index (χ1) is 4.66. The van der Waals surface area contributed by atoms with Crippen molar-refractivity contribution in [1.82, 2.24) is 0 Å². The summed E-state index contributed by atoms with van der Waals surface area (Å²) in [5.74, 6) is -0.745. The summed E-state index contributed by atoms with van der Waals surface area (Å²) in [6.07, 6.45) is 0.0112. The summed E-state index contributed by atoms with van der Waals surface area (Å²) >= 11 is 0. The SMILES string of the molecule is C=CC(=O)O/C=N\C(=O)O. The van der Waals surface area contributed by atoms with Crippen molar-refractivity contribution in [3.8, 4) is 0 Å². The van der Waals surface area contributed by atoms with Crippen LogP contribution in [0.2, 0.25) is 0 Å². The second-order valence-corrected chi connectivity index (χ2v) is 1.16. The van der Waals surface area contributed by atoms with Crippen molar-refractivity contribution in [2.24, 2.45) is 4.99 Å². The van der Waals surface area contributed by atoms with Gasteiger partial charge in [0.15, 0.2) is 6.40 Å². The molecule has 0 aromatic rings. The molecule has 0 radical (unpaired) electrons. The van der Waals surface area contributed by atoms with E-state index in [2.05, 4.69) is 16.3 Å². The van der Waals surface area contributed by atoms with Crippen LogP contribution >= 0.6 is 0 Å². The molecule has 0 aromatic carbocycles. The Morgan fingerprint density at radius 3 is 2.60 bits per heavy atom. The molecule has 5 nitrogen and oxygen atoms in total. The molecular formula is C5H5NO4. The number of rotatable bonds is 2. The molecule has 0 bridgehead atoms. The third kappa shape index (κ3) is 4.51. The fourth-order valence-electron chi connectivity index (χ4n) is 0.171. The summed E-state index contributed by atoms with van der Waals surface area (Å²) in [7, 11) is 0. The van der Waals surface area contributed by atoms with Crippen molar-refractivity contribution in [3.05, 3.63) is 12.7 Å². The molecule has 0 saturated heterocycles. The van der Waals surface area contributed by atoms with E-state index >= 15 is 0 Å². The van der Waals surface area contributed by atoms with E-state index < -0.39 is 12.1 Å². The van der Waals surface area contributed by atoms with E-state index in [9.17, 15) is 9.59 Å². The minimum atomic E-state index is -1.42. The number of carbonyl (C=O) groups is 2. The fourth-order valence-corrected chi connectivity index (χ4v) is 0.171. The van der Waals surface area contributed by atoms with Gasteiger partial charge in [-0.3, -0.25) is 0 Å². The molecule has 0 spiro atoms. The van der Waals surface area contributed by atoms with E-state index in [1.54, 1.807) is 0 Å². The minimum absolute atomic E-state index is 0.534. The summed E-state index contributed by atoms with van der Waals surface area (Å²) in [6, 6.07) is 0. The summed E-state index contributed by atoms with van der Waals surface area (Å²) in [5, 5.41) is 7.88. The van der Waals surface area contributed by atoms with Crippen LogP contribution in [0.5, 0.6) is 0 Å². The summed E-state index contributed by atoms with van der Waals surface area (Å²) in [5.41, 5.74) is 0. The van der Waals surface area contributed by atoms with E-state index in [-0.39, 0.29) is 0 Å². The lowest BCUT2D eigenvalue weighted by molar-refractivity contribution is -0.129. The average molecular weight is 143 g/mol. The second kappa shape index (κ2) is 4.25. The number of carboxylic acid groups (broad SMARTS) is 1. The smallest absolute Gasteiger partial charge is 0.433 e. The fraction of sp³-hybridized carbons (Fsp3) is 0. The number of nitrogens with zero attached hydrogens (tertiary/aromatic N) is 1.